The molecule has 4 heteroatoms. The summed E-state index contributed by atoms with van der Waals surface area (Å²) in [6.07, 6.45) is 2.94. The zero-order valence-corrected chi connectivity index (χ0v) is 12.9. The fraction of sp³-hybridized carbons (Fsp3) is 0.389. The Morgan fingerprint density at radius 3 is 2.73 bits per heavy atom. The molecule has 1 fully saturated rings. The van der Waals surface area contributed by atoms with E-state index in [1.807, 2.05) is 30.5 Å². The number of piperidine rings is 1. The highest BCUT2D eigenvalue weighted by molar-refractivity contribution is 5.44. The van der Waals surface area contributed by atoms with Gasteiger partial charge in [0.2, 0.25) is 0 Å². The molecule has 0 aliphatic carbocycles. The van der Waals surface area contributed by atoms with E-state index in [0.29, 0.717) is 12.0 Å². The second kappa shape index (κ2) is 6.88. The van der Waals surface area contributed by atoms with Crippen LogP contribution in [0.2, 0.25) is 0 Å². The van der Waals surface area contributed by atoms with E-state index in [1.54, 1.807) is 0 Å². The molecular weight excluding hydrogens is 277 g/mol. The molecule has 22 heavy (non-hydrogen) atoms. The van der Waals surface area contributed by atoms with Crippen LogP contribution in [0.3, 0.4) is 0 Å². The average molecular weight is 299 g/mol. The highest BCUT2D eigenvalue weighted by atomic mass is 19.1. The Kier molecular flexibility index (Phi) is 4.68. The van der Waals surface area contributed by atoms with Gasteiger partial charge in [0.25, 0.3) is 0 Å². The summed E-state index contributed by atoms with van der Waals surface area (Å²) in [5, 5.41) is 3.53. The molecule has 1 saturated heterocycles. The number of nitrogens with one attached hydrogen (secondary N) is 1. The smallest absolute Gasteiger partial charge is 0.123 e. The zero-order chi connectivity index (χ0) is 15.4. The van der Waals surface area contributed by atoms with Gasteiger partial charge in [-0.3, -0.25) is 9.88 Å². The van der Waals surface area contributed by atoms with Gasteiger partial charge in [0, 0.05) is 37.6 Å². The molecule has 1 aliphatic heterocycles. The van der Waals surface area contributed by atoms with E-state index in [1.165, 1.54) is 12.1 Å². The summed E-state index contributed by atoms with van der Waals surface area (Å²) in [5.41, 5.74) is 2.12. The zero-order valence-electron chi connectivity index (χ0n) is 12.9. The summed E-state index contributed by atoms with van der Waals surface area (Å²) in [5.74, 6) is 0.353. The maximum Gasteiger partial charge on any atom is 0.123 e. The molecule has 1 aromatic carbocycles. The molecule has 1 aliphatic rings. The van der Waals surface area contributed by atoms with Crippen molar-refractivity contribution in [3.05, 3.63) is 60.2 Å². The molecule has 116 valence electrons. The molecule has 0 spiro atoms. The average Bonchev–Trinajstić information content (AvgIpc) is 2.53. The van der Waals surface area contributed by atoms with Gasteiger partial charge in [-0.2, -0.15) is 0 Å². The van der Waals surface area contributed by atoms with Crippen LogP contribution in [0.25, 0.3) is 0 Å². The molecular formula is C18H22FN3. The first-order chi connectivity index (χ1) is 10.7. The topological polar surface area (TPSA) is 28.2 Å². The third kappa shape index (κ3) is 3.83. The largest absolute Gasteiger partial charge is 0.382 e. The molecule has 3 rings (SSSR count). The van der Waals surface area contributed by atoms with Gasteiger partial charge in [-0.25, -0.2) is 4.39 Å². The molecule has 3 nitrogen and oxygen atoms in total. The van der Waals surface area contributed by atoms with Crippen LogP contribution in [0.4, 0.5) is 10.1 Å². The summed E-state index contributed by atoms with van der Waals surface area (Å²) in [4.78, 5) is 6.85. The third-order valence-electron chi connectivity index (χ3n) is 4.30. The van der Waals surface area contributed by atoms with E-state index in [-0.39, 0.29) is 5.82 Å². The number of nitrogens with zero attached hydrogens (tertiary/aromatic N) is 2. The lowest BCUT2D eigenvalue weighted by molar-refractivity contribution is 0.163. The Morgan fingerprint density at radius 2 is 2.05 bits per heavy atom. The molecule has 0 radical (unpaired) electrons. The van der Waals surface area contributed by atoms with Crippen LogP contribution in [0.15, 0.2) is 48.7 Å². The first kappa shape index (κ1) is 15.0. The second-order valence-corrected chi connectivity index (χ2v) is 6.08. The van der Waals surface area contributed by atoms with Crippen LogP contribution < -0.4 is 5.32 Å². The monoisotopic (exact) mass is 299 g/mol. The third-order valence-corrected chi connectivity index (χ3v) is 4.30. The van der Waals surface area contributed by atoms with Gasteiger partial charge in [0.05, 0.1) is 5.69 Å². The molecule has 1 aromatic heterocycles. The van der Waals surface area contributed by atoms with Crippen LogP contribution in [0.1, 0.15) is 19.0 Å². The van der Waals surface area contributed by atoms with Crippen molar-refractivity contribution >= 4 is 5.69 Å². The van der Waals surface area contributed by atoms with Crippen molar-refractivity contribution in [1.29, 1.82) is 0 Å². The van der Waals surface area contributed by atoms with Gasteiger partial charge in [0.1, 0.15) is 5.82 Å². The lowest BCUT2D eigenvalue weighted by atomic mass is 9.93. The fourth-order valence-electron chi connectivity index (χ4n) is 3.07. The van der Waals surface area contributed by atoms with Gasteiger partial charge in [0.15, 0.2) is 0 Å². The first-order valence-corrected chi connectivity index (χ1v) is 7.85. The van der Waals surface area contributed by atoms with E-state index in [9.17, 15) is 4.39 Å². The van der Waals surface area contributed by atoms with Gasteiger partial charge >= 0.3 is 0 Å². The number of pyridine rings is 1. The molecule has 2 aromatic rings. The number of rotatable bonds is 4. The summed E-state index contributed by atoms with van der Waals surface area (Å²) in [7, 11) is 0. The van der Waals surface area contributed by atoms with Gasteiger partial charge in [-0.1, -0.05) is 13.0 Å². The van der Waals surface area contributed by atoms with Gasteiger partial charge < -0.3 is 5.32 Å². The summed E-state index contributed by atoms with van der Waals surface area (Å²) in [6, 6.07) is 13.1. The number of anilines is 1. The highest BCUT2D eigenvalue weighted by Gasteiger charge is 2.26. The van der Waals surface area contributed by atoms with E-state index in [0.717, 1.165) is 37.4 Å². The van der Waals surface area contributed by atoms with Crippen molar-refractivity contribution in [1.82, 2.24) is 9.88 Å². The van der Waals surface area contributed by atoms with E-state index < -0.39 is 0 Å². The lowest BCUT2D eigenvalue weighted by Gasteiger charge is -2.37. The minimum atomic E-state index is -0.191. The minimum Gasteiger partial charge on any atom is -0.382 e. The molecule has 0 saturated carbocycles. The number of halogens is 1. The highest BCUT2D eigenvalue weighted by Crippen LogP contribution is 2.22. The maximum absolute atomic E-state index is 13.0. The van der Waals surface area contributed by atoms with Crippen LogP contribution in [-0.4, -0.2) is 29.0 Å². The van der Waals surface area contributed by atoms with E-state index in [2.05, 4.69) is 28.2 Å². The van der Waals surface area contributed by atoms with Gasteiger partial charge in [-0.15, -0.1) is 0 Å². The Hall–Kier alpha value is -1.94. The second-order valence-electron chi connectivity index (χ2n) is 6.08. The van der Waals surface area contributed by atoms with Crippen molar-refractivity contribution in [2.45, 2.75) is 25.9 Å². The molecule has 0 bridgehead atoms. The Bertz CT molecular complexity index is 585. The molecule has 2 atom stereocenters. The number of likely N-dealkylation sites (tertiary alicyclic amines) is 1. The predicted octanol–water partition coefficient (Wildman–Crippen LogP) is 3.54. The predicted molar refractivity (Wildman–Crippen MR) is 87.1 cm³/mol. The number of benzene rings is 1. The molecule has 1 N–H and O–H groups in total. The Labute approximate surface area is 131 Å². The molecule has 0 unspecified atom stereocenters. The number of hydrogen-bond donors (Lipinski definition) is 1. The Morgan fingerprint density at radius 1 is 1.23 bits per heavy atom. The van der Waals surface area contributed by atoms with E-state index >= 15 is 0 Å². The quantitative estimate of drug-likeness (QED) is 0.936. The SMILES string of the molecule is C[C@@H]1CN(Cc2ccccn2)CC[C@H]1Nc1ccc(F)cc1. The standard InChI is InChI=1S/C18H22FN3/c1-14-12-22(13-17-4-2-3-10-20-17)11-9-18(14)21-16-7-5-15(19)6-8-16/h2-8,10,14,18,21H,9,11-13H2,1H3/t14-,18-/m1/s1. The minimum absolute atomic E-state index is 0.191. The summed E-state index contributed by atoms with van der Waals surface area (Å²) < 4.78 is 13.0. The van der Waals surface area contributed by atoms with Gasteiger partial charge in [-0.05, 0) is 48.7 Å². The molecule has 0 amide bonds. The van der Waals surface area contributed by atoms with Crippen molar-refractivity contribution in [3.63, 3.8) is 0 Å². The van der Waals surface area contributed by atoms with Crippen LogP contribution in [-0.2, 0) is 6.54 Å². The van der Waals surface area contributed by atoms with Crippen molar-refractivity contribution in [2.75, 3.05) is 18.4 Å². The van der Waals surface area contributed by atoms with Crippen molar-refractivity contribution in [2.24, 2.45) is 5.92 Å². The first-order valence-electron chi connectivity index (χ1n) is 7.85. The van der Waals surface area contributed by atoms with Crippen LogP contribution in [0.5, 0.6) is 0 Å². The van der Waals surface area contributed by atoms with Crippen LogP contribution in [0, 0.1) is 11.7 Å². The van der Waals surface area contributed by atoms with Crippen molar-refractivity contribution in [3.8, 4) is 0 Å². The summed E-state index contributed by atoms with van der Waals surface area (Å²) >= 11 is 0. The Balaban J connectivity index is 1.54. The summed E-state index contributed by atoms with van der Waals surface area (Å²) in [6.45, 7) is 5.29. The van der Waals surface area contributed by atoms with Crippen LogP contribution >= 0.6 is 0 Å². The van der Waals surface area contributed by atoms with E-state index in [4.69, 9.17) is 0 Å². The normalized spacial score (nSPS) is 22.5. The number of aromatic nitrogens is 1. The van der Waals surface area contributed by atoms with Crippen molar-refractivity contribution < 1.29 is 4.39 Å². The fourth-order valence-corrected chi connectivity index (χ4v) is 3.07. The lowest BCUT2D eigenvalue weighted by Crippen LogP contribution is -2.44. The molecule has 2 heterocycles. The maximum atomic E-state index is 13.0. The number of hydrogen-bond acceptors (Lipinski definition) is 3.